The molecular formula is C32H39Cl2N5O5. The number of nitrogens with one attached hydrogen (secondary N) is 4. The van der Waals surface area contributed by atoms with Crippen LogP contribution >= 0.6 is 23.2 Å². The monoisotopic (exact) mass is 643 g/mol. The summed E-state index contributed by atoms with van der Waals surface area (Å²) in [7, 11) is 0. The maximum Gasteiger partial charge on any atom is 0.408 e. The van der Waals surface area contributed by atoms with Gasteiger partial charge in [-0.3, -0.25) is 14.4 Å². The second-order valence-corrected chi connectivity index (χ2v) is 12.7. The van der Waals surface area contributed by atoms with Crippen LogP contribution in [0.3, 0.4) is 0 Å². The van der Waals surface area contributed by atoms with Gasteiger partial charge in [0.2, 0.25) is 17.7 Å². The van der Waals surface area contributed by atoms with E-state index in [-0.39, 0.29) is 31.3 Å². The van der Waals surface area contributed by atoms with E-state index in [2.05, 4.69) is 20.9 Å². The molecule has 0 aliphatic heterocycles. The number of amides is 4. The third kappa shape index (κ3) is 7.30. The highest BCUT2D eigenvalue weighted by Gasteiger charge is 2.46. The zero-order valence-corrected chi connectivity index (χ0v) is 26.8. The van der Waals surface area contributed by atoms with E-state index in [1.807, 2.05) is 44.2 Å². The maximum atomic E-state index is 14.1. The minimum atomic E-state index is -1.47. The van der Waals surface area contributed by atoms with Gasteiger partial charge in [0.25, 0.3) is 0 Å². The van der Waals surface area contributed by atoms with Crippen LogP contribution in [-0.2, 0) is 38.6 Å². The van der Waals surface area contributed by atoms with Crippen molar-refractivity contribution in [2.24, 2.45) is 17.6 Å². The first-order chi connectivity index (χ1) is 20.8. The molecule has 10 nitrogen and oxygen atoms in total. The van der Waals surface area contributed by atoms with E-state index >= 15 is 0 Å². The number of ether oxygens (including phenoxy) is 1. The number of fused-ring (bicyclic) bond motifs is 3. The van der Waals surface area contributed by atoms with Gasteiger partial charge >= 0.3 is 6.09 Å². The van der Waals surface area contributed by atoms with Gasteiger partial charge in [0.05, 0.1) is 10.5 Å². The molecule has 6 N–H and O–H groups in total. The predicted octanol–water partition coefficient (Wildman–Crippen LogP) is 4.79. The second-order valence-electron chi connectivity index (χ2n) is 11.8. The number of primary amides is 1. The number of nitrogens with two attached hydrogens (primary N) is 1. The number of aryl methyl sites for hydroxylation is 1. The summed E-state index contributed by atoms with van der Waals surface area (Å²) in [4.78, 5) is 56.5. The number of aromatic nitrogens is 1. The van der Waals surface area contributed by atoms with Crippen LogP contribution in [0.4, 0.5) is 4.79 Å². The Balaban J connectivity index is 1.65. The molecule has 4 rings (SSSR count). The Morgan fingerprint density at radius 3 is 2.39 bits per heavy atom. The molecule has 0 spiro atoms. The molecule has 0 radical (unpaired) electrons. The Kier molecular flexibility index (Phi) is 10.5. The molecule has 4 atom stereocenters. The minimum Gasteiger partial charge on any atom is -0.445 e. The third-order valence-electron chi connectivity index (χ3n) is 8.34. The van der Waals surface area contributed by atoms with Gasteiger partial charge in [0.15, 0.2) is 0 Å². The molecule has 1 aromatic heterocycles. The smallest absolute Gasteiger partial charge is 0.408 e. The van der Waals surface area contributed by atoms with Crippen molar-refractivity contribution in [3.05, 3.63) is 69.3 Å². The van der Waals surface area contributed by atoms with Gasteiger partial charge in [-0.2, -0.15) is 0 Å². The van der Waals surface area contributed by atoms with Crippen molar-refractivity contribution in [1.82, 2.24) is 20.9 Å². The number of carbonyl (C=O) groups excluding carboxylic acids is 4. The van der Waals surface area contributed by atoms with Gasteiger partial charge in [-0.25, -0.2) is 4.79 Å². The summed E-state index contributed by atoms with van der Waals surface area (Å²) in [5.41, 5.74) is 7.28. The molecule has 0 saturated heterocycles. The van der Waals surface area contributed by atoms with Gasteiger partial charge in [-0.1, -0.05) is 87.6 Å². The lowest BCUT2D eigenvalue weighted by atomic mass is 9.78. The van der Waals surface area contributed by atoms with E-state index in [4.69, 9.17) is 33.7 Å². The second kappa shape index (κ2) is 13.9. The lowest BCUT2D eigenvalue weighted by molar-refractivity contribution is -0.137. The van der Waals surface area contributed by atoms with Crippen molar-refractivity contribution in [3.63, 3.8) is 0 Å². The summed E-state index contributed by atoms with van der Waals surface area (Å²) in [5, 5.41) is 10.1. The fraction of sp³-hybridized carbons (Fsp3) is 0.438. The third-order valence-corrected chi connectivity index (χ3v) is 8.86. The zero-order chi connectivity index (χ0) is 32.2. The Hall–Kier alpha value is -3.76. The first kappa shape index (κ1) is 33.1. The Labute approximate surface area is 266 Å². The molecule has 1 heterocycles. The number of H-pyrrole nitrogens is 1. The average Bonchev–Trinajstić information content (AvgIpc) is 3.35. The fourth-order valence-electron chi connectivity index (χ4n) is 5.58. The number of carbonyl (C=O) groups is 4. The fourth-order valence-corrected chi connectivity index (χ4v) is 6.12. The van der Waals surface area contributed by atoms with E-state index in [0.717, 1.165) is 22.2 Å². The summed E-state index contributed by atoms with van der Waals surface area (Å²) in [6.07, 6.45) is 0.511. The number of halogens is 2. The predicted molar refractivity (Wildman–Crippen MR) is 170 cm³/mol. The summed E-state index contributed by atoms with van der Waals surface area (Å²) in [5.74, 6) is -2.37. The van der Waals surface area contributed by atoms with E-state index < -0.39 is 41.4 Å². The summed E-state index contributed by atoms with van der Waals surface area (Å²) >= 11 is 12.8. The molecule has 0 bridgehead atoms. The Morgan fingerprint density at radius 2 is 1.75 bits per heavy atom. The molecule has 0 fully saturated rings. The van der Waals surface area contributed by atoms with Crippen molar-refractivity contribution < 1.29 is 23.9 Å². The molecule has 4 amide bonds. The van der Waals surface area contributed by atoms with Crippen molar-refractivity contribution in [1.29, 1.82) is 0 Å². The lowest BCUT2D eigenvalue weighted by Gasteiger charge is -2.39. The topological polar surface area (TPSA) is 155 Å². The molecule has 236 valence electrons. The Morgan fingerprint density at radius 1 is 1.05 bits per heavy atom. The van der Waals surface area contributed by atoms with Gasteiger partial charge in [-0.05, 0) is 47.9 Å². The van der Waals surface area contributed by atoms with Crippen molar-refractivity contribution in [3.8, 4) is 0 Å². The summed E-state index contributed by atoms with van der Waals surface area (Å²) < 4.78 is 5.39. The molecule has 44 heavy (non-hydrogen) atoms. The van der Waals surface area contributed by atoms with E-state index in [1.165, 1.54) is 0 Å². The van der Waals surface area contributed by atoms with Gasteiger partial charge in [0.1, 0.15) is 24.2 Å². The summed E-state index contributed by atoms with van der Waals surface area (Å²) in [6.45, 7) is 7.31. The minimum absolute atomic E-state index is 0.0338. The number of rotatable bonds is 11. The van der Waals surface area contributed by atoms with E-state index in [1.54, 1.807) is 26.0 Å². The van der Waals surface area contributed by atoms with Crippen LogP contribution in [-0.4, -0.2) is 46.4 Å². The quantitative estimate of drug-likeness (QED) is 0.203. The molecule has 0 saturated carbocycles. The van der Waals surface area contributed by atoms with Crippen LogP contribution in [0.1, 0.15) is 57.4 Å². The van der Waals surface area contributed by atoms with Crippen LogP contribution in [0, 0.1) is 11.8 Å². The van der Waals surface area contributed by atoms with Crippen molar-refractivity contribution in [2.45, 2.75) is 77.6 Å². The average molecular weight is 645 g/mol. The standard InChI is InChI=1S/C32H39Cl2N5O5/c1-5-18(4)26(38-31(43)44-16-19-9-7-6-8-10-19)29(41)39-32(30(42)37-25(17(2)3)28(35)40)12-11-24-22(15-32)21-13-20(33)14-23(34)27(21)36-24/h6-10,13-14,17-18,25-26,36H,5,11-12,15-16H2,1-4H3,(H2,35,40)(H,37,42)(H,38,43)(H,39,41)/t18-,25-,26-,32+/m0/s1. The van der Waals surface area contributed by atoms with E-state index in [0.29, 0.717) is 28.4 Å². The van der Waals surface area contributed by atoms with Crippen molar-refractivity contribution in [2.75, 3.05) is 0 Å². The highest BCUT2D eigenvalue weighted by molar-refractivity contribution is 6.38. The molecule has 1 aliphatic carbocycles. The Bertz CT molecular complexity index is 1540. The number of hydrogen-bond donors (Lipinski definition) is 5. The van der Waals surface area contributed by atoms with Crippen LogP contribution in [0.15, 0.2) is 42.5 Å². The molecule has 1 aliphatic rings. The van der Waals surface area contributed by atoms with Crippen molar-refractivity contribution >= 4 is 57.9 Å². The van der Waals surface area contributed by atoms with Gasteiger partial charge in [-0.15, -0.1) is 0 Å². The molecular weight excluding hydrogens is 605 g/mol. The highest BCUT2D eigenvalue weighted by Crippen LogP contribution is 2.38. The highest BCUT2D eigenvalue weighted by atomic mass is 35.5. The summed E-state index contributed by atoms with van der Waals surface area (Å²) in [6, 6.07) is 10.6. The van der Waals surface area contributed by atoms with Crippen LogP contribution in [0.25, 0.3) is 10.9 Å². The van der Waals surface area contributed by atoms with Gasteiger partial charge in [0, 0.05) is 22.5 Å². The first-order valence-electron chi connectivity index (χ1n) is 14.7. The number of benzene rings is 2. The van der Waals surface area contributed by atoms with Crippen LogP contribution in [0.2, 0.25) is 10.0 Å². The number of hydrogen-bond acceptors (Lipinski definition) is 5. The molecule has 3 aromatic rings. The first-order valence-corrected chi connectivity index (χ1v) is 15.5. The van der Waals surface area contributed by atoms with Crippen LogP contribution in [0.5, 0.6) is 0 Å². The SMILES string of the molecule is CC[C@H](C)[C@H](NC(=O)OCc1ccccc1)C(=O)N[C@]1(C(=O)N[C@H](C(N)=O)C(C)C)CCc2[nH]c3c(Cl)cc(Cl)cc3c2C1. The molecule has 12 heteroatoms. The zero-order valence-electron chi connectivity index (χ0n) is 25.3. The van der Waals surface area contributed by atoms with E-state index in [9.17, 15) is 19.2 Å². The maximum absolute atomic E-state index is 14.1. The van der Waals surface area contributed by atoms with Crippen LogP contribution < -0.4 is 21.7 Å². The lowest BCUT2D eigenvalue weighted by Crippen LogP contribution is -2.67. The molecule has 0 unspecified atom stereocenters. The normalized spacial score (nSPS) is 18.2. The number of alkyl carbamates (subject to hydrolysis) is 1. The molecule has 2 aromatic carbocycles. The van der Waals surface area contributed by atoms with Gasteiger partial charge < -0.3 is 31.4 Å². The largest absolute Gasteiger partial charge is 0.445 e. The number of aromatic amines is 1.